The molecule has 90 valence electrons. The molecule has 0 heterocycles. The summed E-state index contributed by atoms with van der Waals surface area (Å²) in [5.41, 5.74) is 8.17. The monoisotopic (exact) mass is 230 g/mol. The van der Waals surface area contributed by atoms with Crippen LogP contribution < -0.4 is 11.1 Å². The Morgan fingerprint density at radius 2 is 1.94 bits per heavy atom. The van der Waals surface area contributed by atoms with E-state index in [-0.39, 0.29) is 5.91 Å². The average Bonchev–Trinajstić information content (AvgIpc) is 2.22. The molecule has 1 rings (SSSR count). The molecule has 0 saturated heterocycles. The molecule has 0 unspecified atom stereocenters. The van der Waals surface area contributed by atoms with Gasteiger partial charge < -0.3 is 11.1 Å². The van der Waals surface area contributed by atoms with Crippen LogP contribution in [0.4, 0.5) is 5.69 Å². The highest BCUT2D eigenvalue weighted by Gasteiger charge is 2.19. The van der Waals surface area contributed by atoms with Gasteiger partial charge in [-0.3, -0.25) is 4.79 Å². The highest BCUT2D eigenvalue weighted by atomic mass is 16.1. The summed E-state index contributed by atoms with van der Waals surface area (Å²) >= 11 is 0. The largest absolute Gasteiger partial charge is 0.398 e. The third-order valence-corrected chi connectivity index (χ3v) is 2.64. The van der Waals surface area contributed by atoms with Gasteiger partial charge in [0.1, 0.15) is 0 Å². The third-order valence-electron chi connectivity index (χ3n) is 2.64. The molecule has 0 aliphatic rings. The van der Waals surface area contributed by atoms with Gasteiger partial charge in [-0.15, -0.1) is 6.42 Å². The zero-order chi connectivity index (χ0) is 13.2. The van der Waals surface area contributed by atoms with Crippen molar-refractivity contribution < 1.29 is 4.79 Å². The Hall–Kier alpha value is -1.95. The van der Waals surface area contributed by atoms with Crippen LogP contribution in [0.3, 0.4) is 0 Å². The summed E-state index contributed by atoms with van der Waals surface area (Å²) in [5, 5.41) is 2.78. The second-order valence-corrected chi connectivity index (χ2v) is 4.75. The lowest BCUT2D eigenvalue weighted by Crippen LogP contribution is -2.42. The first-order chi connectivity index (χ1) is 7.76. The average molecular weight is 230 g/mol. The minimum absolute atomic E-state index is 0.197. The van der Waals surface area contributed by atoms with Crippen LogP contribution in [-0.4, -0.2) is 11.4 Å². The molecule has 0 saturated carbocycles. The van der Waals surface area contributed by atoms with Gasteiger partial charge in [-0.2, -0.15) is 0 Å². The summed E-state index contributed by atoms with van der Waals surface area (Å²) in [7, 11) is 0. The normalized spacial score (nSPS) is 10.8. The number of nitrogen functional groups attached to an aromatic ring is 1. The molecule has 17 heavy (non-hydrogen) atoms. The van der Waals surface area contributed by atoms with E-state index < -0.39 is 5.54 Å². The number of aryl methyl sites for hydroxylation is 2. The zero-order valence-electron chi connectivity index (χ0n) is 10.7. The summed E-state index contributed by atoms with van der Waals surface area (Å²) < 4.78 is 0. The van der Waals surface area contributed by atoms with Gasteiger partial charge in [-0.25, -0.2) is 0 Å². The van der Waals surface area contributed by atoms with Gasteiger partial charge in [0, 0.05) is 11.3 Å². The molecule has 3 heteroatoms. The maximum absolute atomic E-state index is 12.0. The molecule has 0 aromatic heterocycles. The van der Waals surface area contributed by atoms with Crippen LogP contribution in [0.15, 0.2) is 12.1 Å². The minimum atomic E-state index is -0.664. The van der Waals surface area contributed by atoms with Crippen LogP contribution in [0.2, 0.25) is 0 Å². The van der Waals surface area contributed by atoms with Crippen molar-refractivity contribution in [2.75, 3.05) is 5.73 Å². The second-order valence-electron chi connectivity index (χ2n) is 4.75. The van der Waals surface area contributed by atoms with Crippen molar-refractivity contribution in [3.05, 3.63) is 28.8 Å². The Morgan fingerprint density at radius 1 is 1.35 bits per heavy atom. The number of terminal acetylenes is 1. The van der Waals surface area contributed by atoms with Crippen molar-refractivity contribution in [2.24, 2.45) is 0 Å². The van der Waals surface area contributed by atoms with Crippen LogP contribution in [0.1, 0.15) is 35.3 Å². The van der Waals surface area contributed by atoms with Crippen LogP contribution in [-0.2, 0) is 0 Å². The quantitative estimate of drug-likeness (QED) is 0.603. The Kier molecular flexibility index (Phi) is 3.47. The molecule has 0 aliphatic carbocycles. The van der Waals surface area contributed by atoms with E-state index in [9.17, 15) is 4.79 Å². The van der Waals surface area contributed by atoms with Gasteiger partial charge in [0.05, 0.1) is 5.54 Å². The molecule has 0 fully saturated rings. The third kappa shape index (κ3) is 3.01. The molecular weight excluding hydrogens is 212 g/mol. The Morgan fingerprint density at radius 3 is 2.47 bits per heavy atom. The van der Waals surface area contributed by atoms with E-state index in [0.717, 1.165) is 11.1 Å². The van der Waals surface area contributed by atoms with E-state index in [2.05, 4.69) is 11.2 Å². The van der Waals surface area contributed by atoms with Crippen LogP contribution in [0.5, 0.6) is 0 Å². The molecule has 1 amide bonds. The van der Waals surface area contributed by atoms with Crippen LogP contribution >= 0.6 is 0 Å². The predicted molar refractivity (Wildman–Crippen MR) is 70.7 cm³/mol. The standard InChI is InChI=1S/C14H18N2O/c1-6-14(4,5)16-13(17)11-8-12(15)10(3)7-9(11)2/h1,7-8H,15H2,2-5H3,(H,16,17). The van der Waals surface area contributed by atoms with Gasteiger partial charge in [-0.05, 0) is 44.9 Å². The highest BCUT2D eigenvalue weighted by Crippen LogP contribution is 2.18. The number of anilines is 1. The van der Waals surface area contributed by atoms with E-state index in [0.29, 0.717) is 11.3 Å². The van der Waals surface area contributed by atoms with Crippen molar-refractivity contribution in [3.63, 3.8) is 0 Å². The number of carbonyl (C=O) groups excluding carboxylic acids is 1. The lowest BCUT2D eigenvalue weighted by molar-refractivity contribution is 0.0929. The van der Waals surface area contributed by atoms with Crippen LogP contribution in [0.25, 0.3) is 0 Å². The number of hydrogen-bond donors (Lipinski definition) is 2. The van der Waals surface area contributed by atoms with Gasteiger partial charge in [0.15, 0.2) is 0 Å². The number of benzene rings is 1. The number of nitrogens with one attached hydrogen (secondary N) is 1. The van der Waals surface area contributed by atoms with Crippen molar-refractivity contribution in [3.8, 4) is 12.3 Å². The van der Waals surface area contributed by atoms with Crippen molar-refractivity contribution in [1.82, 2.24) is 5.32 Å². The summed E-state index contributed by atoms with van der Waals surface area (Å²) in [6, 6.07) is 3.58. The summed E-state index contributed by atoms with van der Waals surface area (Å²) in [5.74, 6) is 2.33. The maximum atomic E-state index is 12.0. The fourth-order valence-corrected chi connectivity index (χ4v) is 1.50. The molecule has 0 radical (unpaired) electrons. The first-order valence-electron chi connectivity index (χ1n) is 5.44. The lowest BCUT2D eigenvalue weighted by atomic mass is 10.0. The summed E-state index contributed by atoms with van der Waals surface area (Å²) in [6.07, 6.45) is 5.34. The number of nitrogens with two attached hydrogens (primary N) is 1. The van der Waals surface area contributed by atoms with E-state index in [4.69, 9.17) is 12.2 Å². The van der Waals surface area contributed by atoms with Crippen molar-refractivity contribution in [2.45, 2.75) is 33.2 Å². The number of carbonyl (C=O) groups is 1. The van der Waals surface area contributed by atoms with Crippen LogP contribution in [0, 0.1) is 26.2 Å². The molecule has 0 spiro atoms. The Labute approximate surface area is 102 Å². The van der Waals surface area contributed by atoms with Gasteiger partial charge in [0.25, 0.3) is 5.91 Å². The molecule has 1 aromatic rings. The van der Waals surface area contributed by atoms with Crippen molar-refractivity contribution >= 4 is 11.6 Å². The predicted octanol–water partition coefficient (Wildman–Crippen LogP) is 2.03. The minimum Gasteiger partial charge on any atom is -0.398 e. The molecule has 3 nitrogen and oxygen atoms in total. The summed E-state index contributed by atoms with van der Waals surface area (Å²) in [6.45, 7) is 7.34. The SMILES string of the molecule is C#CC(C)(C)NC(=O)c1cc(N)c(C)cc1C. The van der Waals surface area contributed by atoms with E-state index in [1.54, 1.807) is 19.9 Å². The van der Waals surface area contributed by atoms with Gasteiger partial charge in [0.2, 0.25) is 0 Å². The van der Waals surface area contributed by atoms with Crippen molar-refractivity contribution in [1.29, 1.82) is 0 Å². The van der Waals surface area contributed by atoms with E-state index >= 15 is 0 Å². The number of amides is 1. The Bertz CT molecular complexity index is 496. The van der Waals surface area contributed by atoms with E-state index in [1.807, 2.05) is 19.9 Å². The highest BCUT2D eigenvalue weighted by molar-refractivity contribution is 5.97. The zero-order valence-corrected chi connectivity index (χ0v) is 10.7. The fraction of sp³-hybridized carbons (Fsp3) is 0.357. The molecule has 0 atom stereocenters. The summed E-state index contributed by atoms with van der Waals surface area (Å²) in [4.78, 5) is 12.0. The Balaban J connectivity index is 3.07. The molecule has 3 N–H and O–H groups in total. The first kappa shape index (κ1) is 13.1. The fourth-order valence-electron chi connectivity index (χ4n) is 1.50. The number of rotatable bonds is 2. The molecule has 0 bridgehead atoms. The lowest BCUT2D eigenvalue weighted by Gasteiger charge is -2.20. The van der Waals surface area contributed by atoms with Gasteiger partial charge >= 0.3 is 0 Å². The maximum Gasteiger partial charge on any atom is 0.252 e. The molecule has 1 aromatic carbocycles. The topological polar surface area (TPSA) is 55.1 Å². The first-order valence-corrected chi connectivity index (χ1v) is 5.44. The van der Waals surface area contributed by atoms with Gasteiger partial charge in [-0.1, -0.05) is 12.0 Å². The second kappa shape index (κ2) is 4.50. The van der Waals surface area contributed by atoms with E-state index in [1.165, 1.54) is 0 Å². The number of hydrogen-bond acceptors (Lipinski definition) is 2. The molecular formula is C14H18N2O. The smallest absolute Gasteiger partial charge is 0.252 e. The molecule has 0 aliphatic heterocycles.